The zero-order chi connectivity index (χ0) is 14.5. The highest BCUT2D eigenvalue weighted by molar-refractivity contribution is 5.90. The van der Waals surface area contributed by atoms with E-state index in [1.807, 2.05) is 7.05 Å². The molecule has 0 bridgehead atoms. The molecule has 0 atom stereocenters. The Kier molecular flexibility index (Phi) is 5.54. The summed E-state index contributed by atoms with van der Waals surface area (Å²) in [6, 6.07) is 0. The Morgan fingerprint density at radius 1 is 1.47 bits per heavy atom. The van der Waals surface area contributed by atoms with Crippen molar-refractivity contribution in [2.45, 2.75) is 40.7 Å². The summed E-state index contributed by atoms with van der Waals surface area (Å²) in [6.45, 7) is 10.4. The number of ether oxygens (including phenoxy) is 1. The lowest BCUT2D eigenvalue weighted by Gasteiger charge is -2.18. The lowest BCUT2D eigenvalue weighted by Crippen LogP contribution is -2.22. The van der Waals surface area contributed by atoms with Gasteiger partial charge in [-0.2, -0.15) is 5.10 Å². The van der Waals surface area contributed by atoms with Gasteiger partial charge in [0.25, 0.3) is 0 Å². The van der Waals surface area contributed by atoms with Crippen LogP contribution < -0.4 is 5.32 Å². The summed E-state index contributed by atoms with van der Waals surface area (Å²) in [5, 5.41) is 7.48. The van der Waals surface area contributed by atoms with Crippen molar-refractivity contribution in [2.24, 2.45) is 12.5 Å². The Morgan fingerprint density at radius 3 is 2.74 bits per heavy atom. The van der Waals surface area contributed by atoms with E-state index in [-0.39, 0.29) is 5.97 Å². The number of carbonyl (C=O) groups is 1. The Morgan fingerprint density at radius 2 is 2.16 bits per heavy atom. The average molecular weight is 267 g/mol. The Hall–Kier alpha value is -1.36. The molecule has 0 fully saturated rings. The predicted molar refractivity (Wildman–Crippen MR) is 74.9 cm³/mol. The minimum absolute atomic E-state index is 0.303. The van der Waals surface area contributed by atoms with Crippen LogP contribution >= 0.6 is 0 Å². The number of nitrogens with one attached hydrogen (secondary N) is 1. The number of aryl methyl sites for hydroxylation is 1. The maximum absolute atomic E-state index is 11.8. The number of hydrogen-bond acceptors (Lipinski definition) is 4. The third kappa shape index (κ3) is 5.03. The van der Waals surface area contributed by atoms with Gasteiger partial charge in [-0.3, -0.25) is 4.68 Å². The van der Waals surface area contributed by atoms with Gasteiger partial charge < -0.3 is 10.1 Å². The Balaban J connectivity index is 2.58. The van der Waals surface area contributed by atoms with E-state index in [1.54, 1.807) is 17.8 Å². The maximum Gasteiger partial charge on any atom is 0.341 e. The van der Waals surface area contributed by atoms with E-state index in [9.17, 15) is 4.79 Å². The molecule has 1 aromatic rings. The topological polar surface area (TPSA) is 56.1 Å². The highest BCUT2D eigenvalue weighted by Crippen LogP contribution is 2.17. The van der Waals surface area contributed by atoms with Gasteiger partial charge in [0.15, 0.2) is 0 Å². The van der Waals surface area contributed by atoms with Crippen LogP contribution in [0.2, 0.25) is 0 Å². The predicted octanol–water partition coefficient (Wildman–Crippen LogP) is 2.12. The van der Waals surface area contributed by atoms with Gasteiger partial charge in [0.1, 0.15) is 5.56 Å². The molecule has 0 aliphatic heterocycles. The van der Waals surface area contributed by atoms with Crippen LogP contribution in [0.15, 0.2) is 6.20 Å². The summed E-state index contributed by atoms with van der Waals surface area (Å²) in [4.78, 5) is 11.8. The first-order valence-corrected chi connectivity index (χ1v) is 6.74. The second-order valence-electron chi connectivity index (χ2n) is 5.84. The molecule has 19 heavy (non-hydrogen) atoms. The van der Waals surface area contributed by atoms with Crippen LogP contribution in [0.3, 0.4) is 0 Å². The minimum atomic E-state index is -0.303. The number of aromatic nitrogens is 2. The first-order chi connectivity index (χ1) is 8.85. The molecule has 0 saturated carbocycles. The van der Waals surface area contributed by atoms with Crippen LogP contribution in [0.5, 0.6) is 0 Å². The summed E-state index contributed by atoms with van der Waals surface area (Å²) >= 11 is 0. The third-order valence-corrected chi connectivity index (χ3v) is 2.90. The van der Waals surface area contributed by atoms with Crippen LogP contribution in [0.1, 0.15) is 50.2 Å². The van der Waals surface area contributed by atoms with Crippen molar-refractivity contribution in [3.63, 3.8) is 0 Å². The van der Waals surface area contributed by atoms with Gasteiger partial charge in [-0.1, -0.05) is 20.8 Å². The molecule has 108 valence electrons. The standard InChI is InChI=1S/C14H25N3O2/c1-6-19-13(18)11-9-16-17(5)12(11)10-15-8-7-14(2,3)4/h9,15H,6-8,10H2,1-5H3. The van der Waals surface area contributed by atoms with E-state index in [1.165, 1.54) is 0 Å². The highest BCUT2D eigenvalue weighted by atomic mass is 16.5. The van der Waals surface area contributed by atoms with E-state index in [0.29, 0.717) is 24.1 Å². The molecule has 5 heteroatoms. The van der Waals surface area contributed by atoms with E-state index >= 15 is 0 Å². The number of hydrogen-bond donors (Lipinski definition) is 1. The van der Waals surface area contributed by atoms with Crippen LogP contribution in [0.4, 0.5) is 0 Å². The summed E-state index contributed by atoms with van der Waals surface area (Å²) < 4.78 is 6.74. The van der Waals surface area contributed by atoms with Crippen molar-refractivity contribution in [1.82, 2.24) is 15.1 Å². The average Bonchev–Trinajstić information content (AvgIpc) is 2.65. The molecule has 0 spiro atoms. The molecule has 0 aliphatic carbocycles. The molecule has 1 aromatic heterocycles. The van der Waals surface area contributed by atoms with Gasteiger partial charge >= 0.3 is 5.97 Å². The fourth-order valence-corrected chi connectivity index (χ4v) is 1.72. The van der Waals surface area contributed by atoms with E-state index in [4.69, 9.17) is 4.74 Å². The largest absolute Gasteiger partial charge is 0.462 e. The molecule has 1 heterocycles. The van der Waals surface area contributed by atoms with Gasteiger partial charge in [0.05, 0.1) is 18.5 Å². The van der Waals surface area contributed by atoms with Gasteiger partial charge in [0, 0.05) is 13.6 Å². The molecule has 0 aromatic carbocycles. The molecule has 0 unspecified atom stereocenters. The smallest absolute Gasteiger partial charge is 0.341 e. The minimum Gasteiger partial charge on any atom is -0.462 e. The lowest BCUT2D eigenvalue weighted by atomic mass is 9.92. The number of carbonyl (C=O) groups excluding carboxylic acids is 1. The summed E-state index contributed by atoms with van der Waals surface area (Å²) in [5.41, 5.74) is 1.73. The van der Waals surface area contributed by atoms with Crippen LogP contribution in [0.25, 0.3) is 0 Å². The Labute approximate surface area is 115 Å². The van der Waals surface area contributed by atoms with Crippen molar-refractivity contribution < 1.29 is 9.53 Å². The fraction of sp³-hybridized carbons (Fsp3) is 0.714. The van der Waals surface area contributed by atoms with Gasteiger partial charge in [-0.05, 0) is 25.3 Å². The van der Waals surface area contributed by atoms with Crippen molar-refractivity contribution in [1.29, 1.82) is 0 Å². The summed E-state index contributed by atoms with van der Waals surface area (Å²) in [6.07, 6.45) is 2.65. The first-order valence-electron chi connectivity index (χ1n) is 6.74. The van der Waals surface area contributed by atoms with Crippen LogP contribution in [0, 0.1) is 5.41 Å². The molecule has 0 aliphatic rings. The molecule has 0 radical (unpaired) electrons. The molecular formula is C14H25N3O2. The van der Waals surface area contributed by atoms with Crippen molar-refractivity contribution in [3.8, 4) is 0 Å². The maximum atomic E-state index is 11.8. The normalized spacial score (nSPS) is 11.6. The molecule has 0 saturated heterocycles. The van der Waals surface area contributed by atoms with Gasteiger partial charge in [-0.15, -0.1) is 0 Å². The second kappa shape index (κ2) is 6.70. The SMILES string of the molecule is CCOC(=O)c1cnn(C)c1CNCCC(C)(C)C. The molecule has 0 amide bonds. The van der Waals surface area contributed by atoms with E-state index < -0.39 is 0 Å². The number of esters is 1. The zero-order valence-electron chi connectivity index (χ0n) is 12.6. The summed E-state index contributed by atoms with van der Waals surface area (Å²) in [5.74, 6) is -0.303. The molecule has 1 N–H and O–H groups in total. The van der Waals surface area contributed by atoms with E-state index in [0.717, 1.165) is 18.7 Å². The van der Waals surface area contributed by atoms with Gasteiger partial charge in [0.2, 0.25) is 0 Å². The first kappa shape index (κ1) is 15.7. The number of rotatable bonds is 6. The van der Waals surface area contributed by atoms with Crippen molar-refractivity contribution in [2.75, 3.05) is 13.2 Å². The molecule has 1 rings (SSSR count). The molecule has 5 nitrogen and oxygen atoms in total. The van der Waals surface area contributed by atoms with Gasteiger partial charge in [-0.25, -0.2) is 4.79 Å². The number of nitrogens with zero attached hydrogens (tertiary/aromatic N) is 2. The summed E-state index contributed by atoms with van der Waals surface area (Å²) in [7, 11) is 1.84. The Bertz CT molecular complexity index is 419. The highest BCUT2D eigenvalue weighted by Gasteiger charge is 2.17. The van der Waals surface area contributed by atoms with Crippen LogP contribution in [-0.2, 0) is 18.3 Å². The monoisotopic (exact) mass is 267 g/mol. The quantitative estimate of drug-likeness (QED) is 0.633. The van der Waals surface area contributed by atoms with Crippen molar-refractivity contribution in [3.05, 3.63) is 17.5 Å². The van der Waals surface area contributed by atoms with E-state index in [2.05, 4.69) is 31.2 Å². The zero-order valence-corrected chi connectivity index (χ0v) is 12.6. The second-order valence-corrected chi connectivity index (χ2v) is 5.84. The lowest BCUT2D eigenvalue weighted by molar-refractivity contribution is 0.0524. The van der Waals surface area contributed by atoms with Crippen LogP contribution in [-0.4, -0.2) is 28.9 Å². The fourth-order valence-electron chi connectivity index (χ4n) is 1.72. The molecular weight excluding hydrogens is 242 g/mol. The van der Waals surface area contributed by atoms with Crippen molar-refractivity contribution >= 4 is 5.97 Å². The third-order valence-electron chi connectivity index (χ3n) is 2.90.